The topological polar surface area (TPSA) is 53.7 Å². The van der Waals surface area contributed by atoms with Crippen LogP contribution < -0.4 is 5.73 Å². The molecule has 0 bridgehead atoms. The van der Waals surface area contributed by atoms with Gasteiger partial charge in [-0.3, -0.25) is 0 Å². The molecule has 0 radical (unpaired) electrons. The quantitative estimate of drug-likeness (QED) is 0.615. The molecule has 3 atom stereocenters. The van der Waals surface area contributed by atoms with Gasteiger partial charge in [-0.2, -0.15) is 0 Å². The van der Waals surface area contributed by atoms with Gasteiger partial charge in [-0.05, 0) is 12.8 Å². The van der Waals surface area contributed by atoms with E-state index in [-0.39, 0.29) is 18.2 Å². The summed E-state index contributed by atoms with van der Waals surface area (Å²) in [6.45, 7) is 4.29. The molecule has 1 fully saturated rings. The van der Waals surface area contributed by atoms with Crippen LogP contribution in [0.25, 0.3) is 0 Å². The van der Waals surface area contributed by atoms with Crippen molar-refractivity contribution >= 4 is 0 Å². The highest BCUT2D eigenvalue weighted by Gasteiger charge is 2.39. The molecule has 4 nitrogen and oxygen atoms in total. The van der Waals surface area contributed by atoms with Gasteiger partial charge < -0.3 is 19.9 Å². The maximum Gasteiger partial charge on any atom is 0.0984 e. The summed E-state index contributed by atoms with van der Waals surface area (Å²) in [6.07, 6.45) is 3.42. The number of hydrogen-bond donors (Lipinski definition) is 1. The predicted molar refractivity (Wildman–Crippen MR) is 58.9 cm³/mol. The molecule has 0 saturated heterocycles. The largest absolute Gasteiger partial charge is 0.379 e. The van der Waals surface area contributed by atoms with Crippen LogP contribution in [0.15, 0.2) is 0 Å². The summed E-state index contributed by atoms with van der Waals surface area (Å²) in [4.78, 5) is 0. The third-order valence-electron chi connectivity index (χ3n) is 2.77. The molecule has 0 aliphatic heterocycles. The summed E-state index contributed by atoms with van der Waals surface area (Å²) in [6, 6.07) is 0.140. The molecule has 1 rings (SSSR count). The summed E-state index contributed by atoms with van der Waals surface area (Å²) in [7, 11) is 1.68. The lowest BCUT2D eigenvalue weighted by atomic mass is 9.86. The van der Waals surface area contributed by atoms with Crippen molar-refractivity contribution in [1.29, 1.82) is 0 Å². The molecule has 3 unspecified atom stereocenters. The first-order valence-electron chi connectivity index (χ1n) is 5.77. The lowest BCUT2D eigenvalue weighted by molar-refractivity contribution is -0.133. The number of ether oxygens (including phenoxy) is 3. The molecule has 0 aromatic heterocycles. The second kappa shape index (κ2) is 7.17. The molecule has 90 valence electrons. The SMILES string of the molecule is CCCCOCCOC1CC(N)C1OC. The Bertz CT molecular complexity index is 166. The molecule has 15 heavy (non-hydrogen) atoms. The summed E-state index contributed by atoms with van der Waals surface area (Å²) in [5.41, 5.74) is 5.76. The van der Waals surface area contributed by atoms with Crippen LogP contribution in [0.4, 0.5) is 0 Å². The molecule has 2 N–H and O–H groups in total. The number of methoxy groups -OCH3 is 1. The molecular formula is C11H23NO3. The van der Waals surface area contributed by atoms with Crippen molar-refractivity contribution in [2.24, 2.45) is 5.73 Å². The van der Waals surface area contributed by atoms with E-state index in [1.54, 1.807) is 7.11 Å². The van der Waals surface area contributed by atoms with Gasteiger partial charge in [0.2, 0.25) is 0 Å². The molecule has 1 aliphatic rings. The Morgan fingerprint density at radius 1 is 1.27 bits per heavy atom. The van der Waals surface area contributed by atoms with Crippen molar-refractivity contribution in [2.45, 2.75) is 44.4 Å². The van der Waals surface area contributed by atoms with E-state index in [0.29, 0.717) is 13.2 Å². The molecule has 0 amide bonds. The Kier molecular flexibility index (Phi) is 6.17. The average molecular weight is 217 g/mol. The zero-order valence-electron chi connectivity index (χ0n) is 9.78. The fourth-order valence-electron chi connectivity index (χ4n) is 1.71. The third-order valence-corrected chi connectivity index (χ3v) is 2.77. The van der Waals surface area contributed by atoms with Gasteiger partial charge in [-0.1, -0.05) is 13.3 Å². The molecule has 1 saturated carbocycles. The van der Waals surface area contributed by atoms with Crippen LogP contribution in [0.5, 0.6) is 0 Å². The highest BCUT2D eigenvalue weighted by molar-refractivity contribution is 4.94. The summed E-state index contributed by atoms with van der Waals surface area (Å²) in [5, 5.41) is 0. The minimum Gasteiger partial charge on any atom is -0.379 e. The van der Waals surface area contributed by atoms with Gasteiger partial charge in [0, 0.05) is 19.8 Å². The highest BCUT2D eigenvalue weighted by atomic mass is 16.6. The first kappa shape index (κ1) is 12.9. The molecule has 1 aliphatic carbocycles. The minimum atomic E-state index is 0.0700. The van der Waals surface area contributed by atoms with E-state index in [2.05, 4.69) is 6.92 Å². The monoisotopic (exact) mass is 217 g/mol. The standard InChI is InChI=1S/C11H23NO3/c1-3-4-5-14-6-7-15-10-8-9(12)11(10)13-2/h9-11H,3-8,12H2,1-2H3. The Morgan fingerprint density at radius 3 is 2.67 bits per heavy atom. The first-order chi connectivity index (χ1) is 7.29. The third kappa shape index (κ3) is 4.07. The van der Waals surface area contributed by atoms with Crippen molar-refractivity contribution in [3.63, 3.8) is 0 Å². The number of nitrogens with two attached hydrogens (primary N) is 1. The van der Waals surface area contributed by atoms with Crippen molar-refractivity contribution < 1.29 is 14.2 Å². The lowest BCUT2D eigenvalue weighted by Gasteiger charge is -2.40. The summed E-state index contributed by atoms with van der Waals surface area (Å²) >= 11 is 0. The van der Waals surface area contributed by atoms with Gasteiger partial charge in [-0.15, -0.1) is 0 Å². The van der Waals surface area contributed by atoms with Crippen molar-refractivity contribution in [2.75, 3.05) is 26.9 Å². The van der Waals surface area contributed by atoms with Gasteiger partial charge in [0.1, 0.15) is 0 Å². The van der Waals surface area contributed by atoms with Crippen LogP contribution >= 0.6 is 0 Å². The van der Waals surface area contributed by atoms with E-state index in [1.165, 1.54) is 6.42 Å². The fourth-order valence-corrected chi connectivity index (χ4v) is 1.71. The molecular weight excluding hydrogens is 194 g/mol. The van der Waals surface area contributed by atoms with Crippen molar-refractivity contribution in [3.05, 3.63) is 0 Å². The zero-order valence-corrected chi connectivity index (χ0v) is 9.78. The molecule has 4 heteroatoms. The summed E-state index contributed by atoms with van der Waals surface area (Å²) < 4.78 is 16.2. The smallest absolute Gasteiger partial charge is 0.0984 e. The van der Waals surface area contributed by atoms with E-state index < -0.39 is 0 Å². The molecule has 0 aromatic carbocycles. The van der Waals surface area contributed by atoms with Crippen molar-refractivity contribution in [1.82, 2.24) is 0 Å². The summed E-state index contributed by atoms with van der Waals surface area (Å²) in [5.74, 6) is 0. The minimum absolute atomic E-state index is 0.0700. The number of hydrogen-bond acceptors (Lipinski definition) is 4. The Balaban J connectivity index is 1.92. The van der Waals surface area contributed by atoms with Gasteiger partial charge in [0.15, 0.2) is 0 Å². The van der Waals surface area contributed by atoms with E-state index >= 15 is 0 Å². The molecule has 0 heterocycles. The van der Waals surface area contributed by atoms with Crippen LogP contribution in [0.3, 0.4) is 0 Å². The van der Waals surface area contributed by atoms with E-state index in [9.17, 15) is 0 Å². The highest BCUT2D eigenvalue weighted by Crippen LogP contribution is 2.24. The second-order valence-electron chi connectivity index (χ2n) is 3.98. The maximum atomic E-state index is 5.76. The van der Waals surface area contributed by atoms with E-state index in [0.717, 1.165) is 19.4 Å². The fraction of sp³-hybridized carbons (Fsp3) is 1.00. The van der Waals surface area contributed by atoms with Gasteiger partial charge in [0.05, 0.1) is 25.4 Å². The van der Waals surface area contributed by atoms with Crippen LogP contribution in [-0.4, -0.2) is 45.2 Å². The van der Waals surface area contributed by atoms with E-state index in [1.807, 2.05) is 0 Å². The van der Waals surface area contributed by atoms with Gasteiger partial charge in [0.25, 0.3) is 0 Å². The predicted octanol–water partition coefficient (Wildman–Crippen LogP) is 0.934. The number of rotatable bonds is 8. The Labute approximate surface area is 92.1 Å². The Morgan fingerprint density at radius 2 is 2.07 bits per heavy atom. The van der Waals surface area contributed by atoms with Crippen LogP contribution in [0.1, 0.15) is 26.2 Å². The van der Waals surface area contributed by atoms with Crippen LogP contribution in [-0.2, 0) is 14.2 Å². The van der Waals surface area contributed by atoms with Crippen molar-refractivity contribution in [3.8, 4) is 0 Å². The zero-order chi connectivity index (χ0) is 11.1. The van der Waals surface area contributed by atoms with Gasteiger partial charge in [-0.25, -0.2) is 0 Å². The van der Waals surface area contributed by atoms with Gasteiger partial charge >= 0.3 is 0 Å². The average Bonchev–Trinajstić information content (AvgIpc) is 2.22. The van der Waals surface area contributed by atoms with Crippen LogP contribution in [0.2, 0.25) is 0 Å². The molecule has 0 aromatic rings. The lowest BCUT2D eigenvalue weighted by Crippen LogP contribution is -2.57. The second-order valence-corrected chi connectivity index (χ2v) is 3.98. The number of unbranched alkanes of at least 4 members (excludes halogenated alkanes) is 1. The normalized spacial score (nSPS) is 30.2. The molecule has 0 spiro atoms. The Hall–Kier alpha value is -0.160. The first-order valence-corrected chi connectivity index (χ1v) is 5.77. The van der Waals surface area contributed by atoms with E-state index in [4.69, 9.17) is 19.9 Å². The van der Waals surface area contributed by atoms with Crippen LogP contribution in [0, 0.1) is 0 Å². The maximum absolute atomic E-state index is 5.76.